The minimum absolute atomic E-state index is 0.0856. The van der Waals surface area contributed by atoms with Crippen LogP contribution >= 0.6 is 11.3 Å². The highest BCUT2D eigenvalue weighted by molar-refractivity contribution is 7.17. The summed E-state index contributed by atoms with van der Waals surface area (Å²) < 4.78 is 4.73. The van der Waals surface area contributed by atoms with Gasteiger partial charge < -0.3 is 4.74 Å². The Labute approximate surface area is 104 Å². The van der Waals surface area contributed by atoms with Crippen molar-refractivity contribution in [2.45, 2.75) is 0 Å². The lowest BCUT2D eigenvalue weighted by Gasteiger charge is -1.96. The van der Waals surface area contributed by atoms with Gasteiger partial charge in [-0.05, 0) is 6.07 Å². The van der Waals surface area contributed by atoms with Gasteiger partial charge in [0.25, 0.3) is 5.91 Å². The molecule has 10 heteroatoms. The van der Waals surface area contributed by atoms with Gasteiger partial charge in [0.2, 0.25) is 5.95 Å². The molecule has 2 N–H and O–H groups in total. The van der Waals surface area contributed by atoms with Crippen LogP contribution in [0, 0.1) is 10.1 Å². The largest absolute Gasteiger partial charge is 0.466 e. The third-order valence-electron chi connectivity index (χ3n) is 1.87. The van der Waals surface area contributed by atoms with Crippen LogP contribution in [0.3, 0.4) is 0 Å². The van der Waals surface area contributed by atoms with Gasteiger partial charge in [-0.15, -0.1) is 5.10 Å². The maximum atomic E-state index is 11.7. The van der Waals surface area contributed by atoms with Gasteiger partial charge in [0, 0.05) is 6.07 Å². The number of carbonyl (C=O) groups is 1. The number of aromatic amines is 1. The summed E-state index contributed by atoms with van der Waals surface area (Å²) in [5, 5.41) is 18.9. The topological polar surface area (TPSA) is 123 Å². The number of amides is 1. The van der Waals surface area contributed by atoms with Crippen molar-refractivity contribution < 1.29 is 14.5 Å². The van der Waals surface area contributed by atoms with Gasteiger partial charge in [0.05, 0.1) is 16.9 Å². The Bertz CT molecular complexity index is 592. The van der Waals surface area contributed by atoms with Crippen molar-refractivity contribution in [1.82, 2.24) is 15.2 Å². The van der Waals surface area contributed by atoms with Crippen LogP contribution in [0.5, 0.6) is 6.01 Å². The van der Waals surface area contributed by atoms with E-state index in [-0.39, 0.29) is 21.8 Å². The zero-order chi connectivity index (χ0) is 13.1. The first kappa shape index (κ1) is 12.0. The van der Waals surface area contributed by atoms with Crippen LogP contribution in [0.15, 0.2) is 12.1 Å². The highest BCUT2D eigenvalue weighted by Crippen LogP contribution is 2.24. The average Bonchev–Trinajstić information content (AvgIpc) is 2.97. The van der Waals surface area contributed by atoms with Crippen molar-refractivity contribution in [3.63, 3.8) is 0 Å². The van der Waals surface area contributed by atoms with E-state index in [0.717, 1.165) is 11.3 Å². The highest BCUT2D eigenvalue weighted by Gasteiger charge is 2.16. The molecule has 0 aromatic carbocycles. The number of thiophene rings is 1. The molecule has 0 atom stereocenters. The number of hydrogen-bond acceptors (Lipinski definition) is 7. The monoisotopic (exact) mass is 269 g/mol. The zero-order valence-electron chi connectivity index (χ0n) is 9.04. The number of hydrogen-bond donors (Lipinski definition) is 2. The number of nitrogens with zero attached hydrogens (tertiary/aromatic N) is 3. The Balaban J connectivity index is 2.09. The Morgan fingerprint density at radius 2 is 2.39 bits per heavy atom. The summed E-state index contributed by atoms with van der Waals surface area (Å²) in [5.74, 6) is -0.403. The van der Waals surface area contributed by atoms with E-state index in [4.69, 9.17) is 4.74 Å². The summed E-state index contributed by atoms with van der Waals surface area (Å²) in [5.41, 5.74) is 0. The van der Waals surface area contributed by atoms with E-state index in [2.05, 4.69) is 20.5 Å². The predicted octanol–water partition coefficient (Wildman–Crippen LogP) is 1.04. The molecule has 2 aromatic rings. The summed E-state index contributed by atoms with van der Waals surface area (Å²) in [6.07, 6.45) is 0. The number of methoxy groups -OCH3 is 1. The first-order valence-electron chi connectivity index (χ1n) is 4.62. The number of anilines is 1. The van der Waals surface area contributed by atoms with Crippen LogP contribution in [-0.4, -0.2) is 33.1 Å². The molecule has 2 heterocycles. The Morgan fingerprint density at radius 3 is 2.94 bits per heavy atom. The van der Waals surface area contributed by atoms with Crippen LogP contribution in [0.2, 0.25) is 0 Å². The van der Waals surface area contributed by atoms with Crippen molar-refractivity contribution >= 4 is 28.2 Å². The smallest absolute Gasteiger partial charge is 0.336 e. The van der Waals surface area contributed by atoms with Crippen molar-refractivity contribution in [1.29, 1.82) is 0 Å². The molecule has 2 rings (SSSR count). The van der Waals surface area contributed by atoms with E-state index in [9.17, 15) is 14.9 Å². The van der Waals surface area contributed by atoms with E-state index >= 15 is 0 Å². The molecule has 0 bridgehead atoms. The van der Waals surface area contributed by atoms with Gasteiger partial charge in [0.1, 0.15) is 0 Å². The number of ether oxygens (including phenoxy) is 1. The van der Waals surface area contributed by atoms with Crippen molar-refractivity contribution in [2.24, 2.45) is 0 Å². The van der Waals surface area contributed by atoms with E-state index < -0.39 is 10.8 Å². The quantitative estimate of drug-likeness (QED) is 0.631. The fourth-order valence-corrected chi connectivity index (χ4v) is 1.83. The highest BCUT2D eigenvalue weighted by atomic mass is 32.1. The standard InChI is InChI=1S/C8H7N5O4S/c1-17-8-10-7(11-12-8)9-6(14)4-2-3-5(18-4)13(15)16/h2-3H,1H3,(H2,9,10,11,12,14). The van der Waals surface area contributed by atoms with Gasteiger partial charge in [0.15, 0.2) is 0 Å². The molecule has 0 fully saturated rings. The van der Waals surface area contributed by atoms with Gasteiger partial charge in [-0.2, -0.15) is 4.98 Å². The predicted molar refractivity (Wildman–Crippen MR) is 61.9 cm³/mol. The first-order chi connectivity index (χ1) is 8.60. The van der Waals surface area contributed by atoms with Crippen LogP contribution in [0.25, 0.3) is 0 Å². The van der Waals surface area contributed by atoms with Gasteiger partial charge >= 0.3 is 11.0 Å². The van der Waals surface area contributed by atoms with Crippen molar-refractivity contribution in [3.05, 3.63) is 27.1 Å². The van der Waals surface area contributed by atoms with Gasteiger partial charge in [-0.1, -0.05) is 11.3 Å². The van der Waals surface area contributed by atoms with Crippen molar-refractivity contribution in [3.8, 4) is 6.01 Å². The molecule has 0 aliphatic heterocycles. The number of nitrogens with one attached hydrogen (secondary N) is 2. The lowest BCUT2D eigenvalue weighted by molar-refractivity contribution is -0.380. The molecular weight excluding hydrogens is 262 g/mol. The van der Waals surface area contributed by atoms with Crippen LogP contribution in [0.1, 0.15) is 9.67 Å². The number of rotatable bonds is 4. The molecule has 94 valence electrons. The molecule has 0 aliphatic carbocycles. The summed E-state index contributed by atoms with van der Waals surface area (Å²) in [6.45, 7) is 0. The number of aromatic nitrogens is 3. The molecule has 1 amide bonds. The minimum Gasteiger partial charge on any atom is -0.466 e. The molecule has 9 nitrogen and oxygen atoms in total. The second kappa shape index (κ2) is 4.79. The summed E-state index contributed by atoms with van der Waals surface area (Å²) in [6, 6.07) is 2.72. The Morgan fingerprint density at radius 1 is 1.61 bits per heavy atom. The van der Waals surface area contributed by atoms with Crippen LogP contribution in [0.4, 0.5) is 10.9 Å². The first-order valence-corrected chi connectivity index (χ1v) is 5.44. The molecule has 2 aromatic heterocycles. The number of carbonyl (C=O) groups excluding carboxylic acids is 1. The Hall–Kier alpha value is -2.49. The van der Waals surface area contributed by atoms with E-state index in [1.54, 1.807) is 0 Å². The molecule has 0 spiro atoms. The molecule has 0 saturated heterocycles. The van der Waals surface area contributed by atoms with Crippen molar-refractivity contribution in [2.75, 3.05) is 12.4 Å². The maximum absolute atomic E-state index is 11.7. The molecule has 0 radical (unpaired) electrons. The number of H-pyrrole nitrogens is 1. The normalized spacial score (nSPS) is 10.1. The Kier molecular flexibility index (Phi) is 3.19. The maximum Gasteiger partial charge on any atom is 0.336 e. The second-order valence-electron chi connectivity index (χ2n) is 3.02. The average molecular weight is 269 g/mol. The molecule has 0 aliphatic rings. The summed E-state index contributed by atoms with van der Waals surface area (Å²) in [7, 11) is 1.39. The third kappa shape index (κ3) is 2.43. The SMILES string of the molecule is COc1n[nH]c(NC(=O)c2ccc([N+](=O)[O-])s2)n1. The fraction of sp³-hybridized carbons (Fsp3) is 0.125. The minimum atomic E-state index is -0.557. The molecule has 18 heavy (non-hydrogen) atoms. The molecule has 0 saturated carbocycles. The summed E-state index contributed by atoms with van der Waals surface area (Å²) >= 11 is 0.776. The fourth-order valence-electron chi connectivity index (χ4n) is 1.11. The summed E-state index contributed by atoms with van der Waals surface area (Å²) in [4.78, 5) is 25.6. The third-order valence-corrected chi connectivity index (χ3v) is 2.91. The van der Waals surface area contributed by atoms with E-state index in [1.165, 1.54) is 19.2 Å². The molecule has 0 unspecified atom stereocenters. The van der Waals surface area contributed by atoms with Gasteiger partial charge in [-0.25, -0.2) is 5.10 Å². The van der Waals surface area contributed by atoms with E-state index in [1.807, 2.05) is 0 Å². The lowest BCUT2D eigenvalue weighted by atomic mass is 10.4. The lowest BCUT2D eigenvalue weighted by Crippen LogP contribution is -2.11. The molecular formula is C8H7N5O4S. The van der Waals surface area contributed by atoms with Gasteiger partial charge in [-0.3, -0.25) is 20.2 Å². The van der Waals surface area contributed by atoms with Crippen LogP contribution < -0.4 is 10.1 Å². The second-order valence-corrected chi connectivity index (χ2v) is 4.08. The number of nitro groups is 1. The van der Waals surface area contributed by atoms with Crippen LogP contribution in [-0.2, 0) is 0 Å². The van der Waals surface area contributed by atoms with E-state index in [0.29, 0.717) is 0 Å². The zero-order valence-corrected chi connectivity index (χ0v) is 9.85.